The highest BCUT2D eigenvalue weighted by molar-refractivity contribution is 8.24. The smallest absolute Gasteiger partial charge is 0.271 e. The fourth-order valence-corrected chi connectivity index (χ4v) is 6.90. The van der Waals surface area contributed by atoms with Gasteiger partial charge in [0.2, 0.25) is 0 Å². The number of rotatable bonds is 2. The molecule has 0 N–H and O–H groups in total. The van der Waals surface area contributed by atoms with Gasteiger partial charge < -0.3 is 4.90 Å². The first-order chi connectivity index (χ1) is 9.37. The predicted octanol–water partition coefficient (Wildman–Crippen LogP) is 1.60. The summed E-state index contributed by atoms with van der Waals surface area (Å²) < 4.78 is 24.0. The minimum Gasteiger partial charge on any atom is -0.322 e. The lowest BCUT2D eigenvalue weighted by molar-refractivity contribution is -0.384. The summed E-state index contributed by atoms with van der Waals surface area (Å²) in [7, 11) is -3.05. The van der Waals surface area contributed by atoms with Crippen LogP contribution in [0.3, 0.4) is 0 Å². The van der Waals surface area contributed by atoms with Crippen molar-refractivity contribution in [2.45, 2.75) is 11.3 Å². The van der Waals surface area contributed by atoms with Crippen molar-refractivity contribution in [2.24, 2.45) is 0 Å². The molecule has 0 unspecified atom stereocenters. The van der Waals surface area contributed by atoms with Crippen LogP contribution < -0.4 is 4.90 Å². The van der Waals surface area contributed by atoms with Crippen molar-refractivity contribution in [1.29, 1.82) is 0 Å². The fourth-order valence-electron chi connectivity index (χ4n) is 2.53. The Bertz CT molecular complexity index is 703. The summed E-state index contributed by atoms with van der Waals surface area (Å²) in [6.45, 7) is 0. The predicted molar refractivity (Wildman–Crippen MR) is 82.0 cm³/mol. The first-order valence-corrected chi connectivity index (χ1v) is 8.93. The Balaban J connectivity index is 1.99. The zero-order chi connectivity index (χ0) is 14.5. The van der Waals surface area contributed by atoms with Crippen LogP contribution in [0.1, 0.15) is 0 Å². The van der Waals surface area contributed by atoms with E-state index in [1.165, 1.54) is 23.9 Å². The third-order valence-corrected chi connectivity index (χ3v) is 6.97. The second-order valence-corrected chi connectivity index (χ2v) is 8.74. The monoisotopic (exact) mass is 330 g/mol. The molecule has 0 radical (unpaired) electrons. The topological polar surface area (TPSA) is 80.5 Å². The minimum absolute atomic E-state index is 0.0281. The maximum atomic E-state index is 11.7. The van der Waals surface area contributed by atoms with Crippen molar-refractivity contribution in [1.82, 2.24) is 0 Å². The summed E-state index contributed by atoms with van der Waals surface area (Å²) >= 11 is 6.65. The lowest BCUT2D eigenvalue weighted by atomic mass is 10.2. The third kappa shape index (κ3) is 2.29. The lowest BCUT2D eigenvalue weighted by Crippen LogP contribution is -2.36. The Hall–Kier alpha value is -1.19. The largest absolute Gasteiger partial charge is 0.322 e. The molecule has 2 saturated heterocycles. The van der Waals surface area contributed by atoms with Gasteiger partial charge >= 0.3 is 0 Å². The van der Waals surface area contributed by atoms with Crippen molar-refractivity contribution in [2.75, 3.05) is 16.4 Å². The molecular weight excluding hydrogens is 320 g/mol. The van der Waals surface area contributed by atoms with Gasteiger partial charge in [-0.1, -0.05) is 30.0 Å². The summed E-state index contributed by atoms with van der Waals surface area (Å²) in [5.41, 5.74) is 0.556. The quantitative estimate of drug-likeness (QED) is 0.463. The summed E-state index contributed by atoms with van der Waals surface area (Å²) in [6, 6.07) is 5.91. The first-order valence-electron chi connectivity index (χ1n) is 5.82. The van der Waals surface area contributed by atoms with E-state index < -0.39 is 14.8 Å². The number of non-ortho nitro benzene ring substituents is 1. The van der Waals surface area contributed by atoms with Gasteiger partial charge in [0, 0.05) is 23.1 Å². The van der Waals surface area contributed by atoms with Gasteiger partial charge in [-0.3, -0.25) is 10.1 Å². The molecule has 2 aliphatic heterocycles. The Labute approximate surface area is 125 Å². The molecule has 20 heavy (non-hydrogen) atoms. The van der Waals surface area contributed by atoms with Crippen LogP contribution in [-0.2, 0) is 9.84 Å². The van der Waals surface area contributed by atoms with E-state index in [1.54, 1.807) is 17.0 Å². The molecule has 106 valence electrons. The molecule has 2 heterocycles. The van der Waals surface area contributed by atoms with Crippen LogP contribution in [0.15, 0.2) is 24.3 Å². The Morgan fingerprint density at radius 1 is 1.40 bits per heavy atom. The maximum Gasteiger partial charge on any atom is 0.271 e. The number of fused-ring (bicyclic) bond motifs is 1. The number of nitrogens with zero attached hydrogens (tertiary/aromatic N) is 2. The first kappa shape index (κ1) is 13.8. The van der Waals surface area contributed by atoms with Gasteiger partial charge in [0.15, 0.2) is 9.84 Å². The van der Waals surface area contributed by atoms with Gasteiger partial charge in [-0.2, -0.15) is 0 Å². The van der Waals surface area contributed by atoms with Crippen LogP contribution in [0, 0.1) is 10.1 Å². The van der Waals surface area contributed by atoms with Gasteiger partial charge in [0.25, 0.3) is 5.69 Å². The molecule has 0 aromatic heterocycles. The van der Waals surface area contributed by atoms with Crippen molar-refractivity contribution in [3.63, 3.8) is 0 Å². The molecule has 0 spiro atoms. The van der Waals surface area contributed by atoms with Crippen molar-refractivity contribution >= 4 is 49.5 Å². The lowest BCUT2D eigenvalue weighted by Gasteiger charge is -2.23. The van der Waals surface area contributed by atoms with E-state index in [0.717, 1.165) is 0 Å². The molecule has 0 bridgehead atoms. The van der Waals surface area contributed by atoms with Gasteiger partial charge in [-0.25, -0.2) is 8.42 Å². The van der Waals surface area contributed by atoms with Crippen LogP contribution in [0.5, 0.6) is 0 Å². The van der Waals surface area contributed by atoms with E-state index in [0.29, 0.717) is 10.0 Å². The maximum absolute atomic E-state index is 11.7. The summed E-state index contributed by atoms with van der Waals surface area (Å²) in [4.78, 5) is 12.1. The van der Waals surface area contributed by atoms with Crippen LogP contribution in [-0.4, -0.2) is 40.5 Å². The van der Waals surface area contributed by atoms with Crippen LogP contribution in [0.25, 0.3) is 0 Å². The molecule has 0 aliphatic carbocycles. The molecule has 6 nitrogen and oxygen atoms in total. The highest BCUT2D eigenvalue weighted by Crippen LogP contribution is 2.41. The molecular formula is C11H10N2O4S3. The van der Waals surface area contributed by atoms with Gasteiger partial charge in [-0.15, -0.1) is 0 Å². The number of anilines is 1. The highest BCUT2D eigenvalue weighted by atomic mass is 32.2. The van der Waals surface area contributed by atoms with Crippen LogP contribution >= 0.6 is 24.0 Å². The van der Waals surface area contributed by atoms with Crippen molar-refractivity contribution in [3.8, 4) is 0 Å². The molecule has 0 amide bonds. The average molecular weight is 330 g/mol. The van der Waals surface area contributed by atoms with E-state index in [1.807, 2.05) is 0 Å². The standard InChI is InChI=1S/C11H10N2O4S3/c14-13(15)8-3-1-2-7(4-8)12-9-5-20(16,17)6-10(9)19-11(12)18/h1-4,9-10H,5-6H2/t9-,10-/m1/s1. The zero-order valence-electron chi connectivity index (χ0n) is 10.1. The SMILES string of the molecule is O=[N+]([O-])c1cccc(N2C(=S)S[C@@H]3CS(=O)(=O)C[C@H]32)c1. The normalized spacial score (nSPS) is 27.6. The number of benzene rings is 1. The van der Waals surface area contributed by atoms with E-state index in [4.69, 9.17) is 12.2 Å². The van der Waals surface area contributed by atoms with Gasteiger partial charge in [-0.05, 0) is 6.07 Å². The number of thiocarbonyl (C=S) groups is 1. The molecule has 1 aromatic carbocycles. The molecule has 3 rings (SSSR count). The number of nitro groups is 1. The zero-order valence-corrected chi connectivity index (χ0v) is 12.6. The number of hydrogen-bond donors (Lipinski definition) is 0. The fraction of sp³-hybridized carbons (Fsp3) is 0.364. The molecule has 2 atom stereocenters. The molecule has 2 fully saturated rings. The summed E-state index contributed by atoms with van der Waals surface area (Å²) in [5, 5.41) is 10.8. The van der Waals surface area contributed by atoms with E-state index >= 15 is 0 Å². The number of hydrogen-bond acceptors (Lipinski definition) is 6. The van der Waals surface area contributed by atoms with E-state index in [2.05, 4.69) is 0 Å². The minimum atomic E-state index is -3.05. The summed E-state index contributed by atoms with van der Waals surface area (Å²) in [6.07, 6.45) is 0. The Kier molecular flexibility index (Phi) is 3.22. The number of sulfone groups is 1. The van der Waals surface area contributed by atoms with E-state index in [-0.39, 0.29) is 28.5 Å². The second kappa shape index (κ2) is 4.68. The molecule has 2 aliphatic rings. The van der Waals surface area contributed by atoms with E-state index in [9.17, 15) is 18.5 Å². The average Bonchev–Trinajstić information content (AvgIpc) is 2.79. The Morgan fingerprint density at radius 2 is 2.15 bits per heavy atom. The highest BCUT2D eigenvalue weighted by Gasteiger charge is 2.48. The molecule has 0 saturated carbocycles. The number of thioether (sulfide) groups is 1. The van der Waals surface area contributed by atoms with Gasteiger partial charge in [0.05, 0.1) is 22.5 Å². The summed E-state index contributed by atoms with van der Waals surface area (Å²) in [5.74, 6) is 0.168. The van der Waals surface area contributed by atoms with Crippen molar-refractivity contribution < 1.29 is 13.3 Å². The van der Waals surface area contributed by atoms with Crippen LogP contribution in [0.4, 0.5) is 11.4 Å². The molecule has 1 aromatic rings. The van der Waals surface area contributed by atoms with Gasteiger partial charge in [0.1, 0.15) is 4.32 Å². The number of nitro benzene ring substituents is 1. The van der Waals surface area contributed by atoms with Crippen molar-refractivity contribution in [3.05, 3.63) is 34.4 Å². The van der Waals surface area contributed by atoms with Crippen LogP contribution in [0.2, 0.25) is 0 Å². The third-order valence-electron chi connectivity index (χ3n) is 3.37. The molecule has 9 heteroatoms. The Morgan fingerprint density at radius 3 is 2.85 bits per heavy atom. The second-order valence-electron chi connectivity index (χ2n) is 4.71.